The second-order valence-electron chi connectivity index (χ2n) is 16.9. The van der Waals surface area contributed by atoms with Crippen LogP contribution in [-0.2, 0) is 26.3 Å². The van der Waals surface area contributed by atoms with Gasteiger partial charge < -0.3 is 28.5 Å². The normalized spacial score (nSPS) is 16.7. The number of hydrogen-bond donors (Lipinski definition) is 1. The highest BCUT2D eigenvalue weighted by Crippen LogP contribution is 2.47. The van der Waals surface area contributed by atoms with Gasteiger partial charge in [-0.3, -0.25) is 19.4 Å². The highest BCUT2D eigenvalue weighted by molar-refractivity contribution is 6.39. The Labute approximate surface area is 368 Å². The van der Waals surface area contributed by atoms with Gasteiger partial charge in [-0.15, -0.1) is 0 Å². The maximum Gasteiger partial charge on any atom is 0.262 e. The van der Waals surface area contributed by atoms with E-state index >= 15 is 18.4 Å². The van der Waals surface area contributed by atoms with Crippen LogP contribution in [0.1, 0.15) is 70.5 Å². The number of nitrogens with zero attached hydrogens (tertiary/aromatic N) is 3. The molecule has 12 heteroatoms. The topological polar surface area (TPSA) is 98.3 Å². The van der Waals surface area contributed by atoms with Crippen molar-refractivity contribution in [1.82, 2.24) is 19.4 Å². The van der Waals surface area contributed by atoms with Gasteiger partial charge in [0.15, 0.2) is 23.1 Å². The molecule has 10 nitrogen and oxygen atoms in total. The second kappa shape index (κ2) is 16.7. The van der Waals surface area contributed by atoms with E-state index in [1.165, 1.54) is 24.1 Å². The van der Waals surface area contributed by atoms with Crippen molar-refractivity contribution in [2.24, 2.45) is 0 Å². The molecule has 4 heterocycles. The first-order chi connectivity index (χ1) is 31.1. The SMILES string of the molecule is COc1ccc(CN2C(=O)c3c(c4c5cc(F)c(OCc6ccccc6)cc5n(CCN5[C@H](C)CCC[C@@H]5C)c4c4[nH]c5cc(OCc6ccccc6)c(F)cc5c34)C2=O)c(OC)c1. The van der Waals surface area contributed by atoms with E-state index in [1.807, 2.05) is 60.7 Å². The molecule has 1 N–H and O–H groups in total. The number of amides is 2. The molecule has 2 amide bonds. The van der Waals surface area contributed by atoms with Crippen molar-refractivity contribution < 1.29 is 37.3 Å². The molecule has 0 bridgehead atoms. The maximum absolute atomic E-state index is 16.5. The summed E-state index contributed by atoms with van der Waals surface area (Å²) in [5.74, 6) is -1.26. The minimum Gasteiger partial charge on any atom is -0.497 e. The summed E-state index contributed by atoms with van der Waals surface area (Å²) in [4.78, 5) is 37.4. The molecule has 0 unspecified atom stereocenters. The third kappa shape index (κ3) is 7.06. The summed E-state index contributed by atoms with van der Waals surface area (Å²) in [6.45, 7) is 5.80. The lowest BCUT2D eigenvalue weighted by Gasteiger charge is -2.39. The lowest BCUT2D eigenvalue weighted by atomic mass is 9.96. The summed E-state index contributed by atoms with van der Waals surface area (Å²) in [5, 5.41) is 1.70. The number of rotatable bonds is 13. The van der Waals surface area contributed by atoms with Crippen LogP contribution in [-0.4, -0.2) is 64.0 Å². The lowest BCUT2D eigenvalue weighted by Crippen LogP contribution is -2.45. The molecule has 0 spiro atoms. The fourth-order valence-electron chi connectivity index (χ4n) is 9.89. The van der Waals surface area contributed by atoms with Gasteiger partial charge in [-0.2, -0.15) is 0 Å². The summed E-state index contributed by atoms with van der Waals surface area (Å²) in [6.07, 6.45) is 3.30. The Kier molecular flexibility index (Phi) is 10.7. The minimum atomic E-state index is -0.620. The monoisotopic (exact) mass is 862 g/mol. The molecule has 2 atom stereocenters. The van der Waals surface area contributed by atoms with E-state index in [-0.39, 0.29) is 42.4 Å². The molecule has 2 aromatic heterocycles. The number of imide groups is 1. The van der Waals surface area contributed by atoms with Crippen LogP contribution < -0.4 is 18.9 Å². The molecule has 2 aliphatic heterocycles. The van der Waals surface area contributed by atoms with E-state index in [0.29, 0.717) is 85.8 Å². The Morgan fingerprint density at radius 2 is 1.28 bits per heavy atom. The predicted octanol–water partition coefficient (Wildman–Crippen LogP) is 10.9. The van der Waals surface area contributed by atoms with Crippen molar-refractivity contribution in [3.63, 3.8) is 0 Å². The number of ether oxygens (including phenoxy) is 4. The third-order valence-electron chi connectivity index (χ3n) is 13.1. The van der Waals surface area contributed by atoms with Crippen LogP contribution in [0.15, 0.2) is 103 Å². The lowest BCUT2D eigenvalue weighted by molar-refractivity contribution is 0.0642. The molecule has 0 saturated carbocycles. The van der Waals surface area contributed by atoms with Gasteiger partial charge in [0.2, 0.25) is 0 Å². The zero-order valence-electron chi connectivity index (χ0n) is 36.2. The fourth-order valence-corrected chi connectivity index (χ4v) is 9.89. The quantitative estimate of drug-likeness (QED) is 0.115. The number of aromatic amines is 1. The summed E-state index contributed by atoms with van der Waals surface area (Å²) in [6, 6.07) is 31.0. The standard InChI is InChI=1S/C52H48F2N4O6/c1-30-12-11-13-31(2)56(30)20-21-57-41-26-44(64-29-33-16-9-6-10-17-33)39(54)24-37(41)46-48-47(51(59)58(52(48)60)27-34-18-19-35(61-3)22-42(34)62-4)45-36-23-38(53)43(25-40(36)55-49(45)50(46)57)63-28-32-14-7-5-8-15-32/h5-10,14-19,22-26,30-31,55H,11-13,20-21,27-29H2,1-4H3/t30-,31+. The van der Waals surface area contributed by atoms with Crippen molar-refractivity contribution in [1.29, 1.82) is 0 Å². The van der Waals surface area contributed by atoms with Gasteiger partial charge >= 0.3 is 0 Å². The molecule has 8 aromatic rings. The summed E-state index contributed by atoms with van der Waals surface area (Å²) in [7, 11) is 3.06. The number of likely N-dealkylation sites (tertiary alicyclic amines) is 1. The Morgan fingerprint density at radius 3 is 1.91 bits per heavy atom. The van der Waals surface area contributed by atoms with Gasteiger partial charge in [0.1, 0.15) is 24.7 Å². The van der Waals surface area contributed by atoms with E-state index in [1.54, 1.807) is 37.4 Å². The van der Waals surface area contributed by atoms with Crippen molar-refractivity contribution in [3.8, 4) is 23.0 Å². The van der Waals surface area contributed by atoms with E-state index < -0.39 is 23.4 Å². The third-order valence-corrected chi connectivity index (χ3v) is 13.1. The number of halogens is 2. The zero-order chi connectivity index (χ0) is 44.2. The van der Waals surface area contributed by atoms with Gasteiger partial charge in [-0.25, -0.2) is 8.78 Å². The highest BCUT2D eigenvalue weighted by atomic mass is 19.1. The largest absolute Gasteiger partial charge is 0.497 e. The van der Waals surface area contributed by atoms with E-state index in [0.717, 1.165) is 30.4 Å². The smallest absolute Gasteiger partial charge is 0.262 e. The fraction of sp³-hybridized carbons (Fsp3) is 0.269. The Balaban J connectivity index is 1.21. The number of hydrogen-bond acceptors (Lipinski definition) is 7. The number of aromatic nitrogens is 2. The van der Waals surface area contributed by atoms with Crippen LogP contribution in [0.5, 0.6) is 23.0 Å². The number of H-pyrrole nitrogens is 1. The van der Waals surface area contributed by atoms with Crippen LogP contribution in [0, 0.1) is 11.6 Å². The van der Waals surface area contributed by atoms with Gasteiger partial charge in [0, 0.05) is 70.5 Å². The van der Waals surface area contributed by atoms with Crippen molar-refractivity contribution >= 4 is 55.4 Å². The predicted molar refractivity (Wildman–Crippen MR) is 244 cm³/mol. The van der Waals surface area contributed by atoms with Gasteiger partial charge in [-0.05, 0) is 62.1 Å². The number of carbonyl (C=O) groups is 2. The average Bonchev–Trinajstić information content (AvgIpc) is 3.90. The molecule has 0 radical (unpaired) electrons. The molecular weight excluding hydrogens is 815 g/mol. The molecule has 6 aromatic carbocycles. The van der Waals surface area contributed by atoms with Crippen LogP contribution in [0.4, 0.5) is 8.78 Å². The van der Waals surface area contributed by atoms with E-state index in [4.69, 9.17) is 18.9 Å². The van der Waals surface area contributed by atoms with Crippen LogP contribution in [0.25, 0.3) is 43.6 Å². The highest BCUT2D eigenvalue weighted by Gasteiger charge is 2.42. The average molecular weight is 863 g/mol. The minimum absolute atomic E-state index is 0.0299. The van der Waals surface area contributed by atoms with Crippen LogP contribution in [0.3, 0.4) is 0 Å². The molecule has 10 rings (SSSR count). The zero-order valence-corrected chi connectivity index (χ0v) is 36.2. The number of piperidine rings is 1. The first-order valence-corrected chi connectivity index (χ1v) is 21.8. The first kappa shape index (κ1) is 41.1. The molecule has 1 fully saturated rings. The van der Waals surface area contributed by atoms with Crippen molar-refractivity contribution in [2.75, 3.05) is 20.8 Å². The molecule has 326 valence electrons. The molecule has 64 heavy (non-hydrogen) atoms. The Morgan fingerprint density at radius 1 is 0.672 bits per heavy atom. The van der Waals surface area contributed by atoms with Crippen molar-refractivity contribution in [3.05, 3.63) is 143 Å². The van der Waals surface area contributed by atoms with Crippen molar-refractivity contribution in [2.45, 2.75) is 71.5 Å². The summed E-state index contributed by atoms with van der Waals surface area (Å²) >= 11 is 0. The number of nitrogens with one attached hydrogen (secondary N) is 1. The maximum atomic E-state index is 16.5. The van der Waals surface area contributed by atoms with Gasteiger partial charge in [0.25, 0.3) is 11.8 Å². The molecule has 2 aliphatic rings. The molecule has 0 aliphatic carbocycles. The summed E-state index contributed by atoms with van der Waals surface area (Å²) < 4.78 is 58.3. The van der Waals surface area contributed by atoms with E-state index in [9.17, 15) is 0 Å². The number of fused-ring (bicyclic) bond motifs is 10. The number of methoxy groups -OCH3 is 2. The van der Waals surface area contributed by atoms with Gasteiger partial charge in [0.05, 0.1) is 54.0 Å². The Hall–Kier alpha value is -6.92. The van der Waals surface area contributed by atoms with Gasteiger partial charge in [-0.1, -0.05) is 67.1 Å². The van der Waals surface area contributed by atoms with Crippen LogP contribution in [0.2, 0.25) is 0 Å². The number of benzene rings is 6. The number of carbonyl (C=O) groups excluding carboxylic acids is 2. The molecule has 1 saturated heterocycles. The molecular formula is C52H48F2N4O6. The van der Waals surface area contributed by atoms with E-state index in [2.05, 4.69) is 28.3 Å². The Bertz CT molecular complexity index is 3100. The summed E-state index contributed by atoms with van der Waals surface area (Å²) in [5.41, 5.74) is 4.86. The van der Waals surface area contributed by atoms with Crippen LogP contribution >= 0.6 is 0 Å². The first-order valence-electron chi connectivity index (χ1n) is 21.8. The second-order valence-corrected chi connectivity index (χ2v) is 16.9.